The molecule has 1 atom stereocenters. The monoisotopic (exact) mass is 372 g/mol. The van der Waals surface area contributed by atoms with Crippen molar-refractivity contribution in [3.63, 3.8) is 0 Å². The summed E-state index contributed by atoms with van der Waals surface area (Å²) in [5.41, 5.74) is 1.39. The lowest BCUT2D eigenvalue weighted by Gasteiger charge is -2.34. The summed E-state index contributed by atoms with van der Waals surface area (Å²) in [6.07, 6.45) is 9.00. The van der Waals surface area contributed by atoms with Crippen molar-refractivity contribution in [2.24, 2.45) is 0 Å². The zero-order valence-electron chi connectivity index (χ0n) is 15.9. The molecular formula is C23H32O2S. The third-order valence-electron chi connectivity index (χ3n) is 4.87. The molecule has 2 aromatic carbocycles. The lowest BCUT2D eigenvalue weighted by atomic mass is 9.87. The molecule has 0 aliphatic heterocycles. The largest absolute Gasteiger partial charge is 0.508 e. The van der Waals surface area contributed by atoms with E-state index in [4.69, 9.17) is 5.11 Å². The molecule has 0 saturated heterocycles. The molecule has 2 rings (SSSR count). The third kappa shape index (κ3) is 6.37. The minimum Gasteiger partial charge on any atom is -0.508 e. The number of benzene rings is 2. The van der Waals surface area contributed by atoms with Crippen LogP contribution in [0.4, 0.5) is 0 Å². The number of unbranched alkanes of at least 4 members (excludes halogenated alkanes) is 4. The van der Waals surface area contributed by atoms with E-state index in [1.165, 1.54) is 29.7 Å². The first kappa shape index (κ1) is 20.9. The van der Waals surface area contributed by atoms with E-state index in [2.05, 4.69) is 37.3 Å². The van der Waals surface area contributed by atoms with Crippen LogP contribution in [0.5, 0.6) is 5.75 Å². The second kappa shape index (κ2) is 11.3. The first-order valence-corrected chi connectivity index (χ1v) is 10.7. The van der Waals surface area contributed by atoms with Gasteiger partial charge in [-0.3, -0.25) is 0 Å². The minimum absolute atomic E-state index is 0.0445. The molecule has 0 spiro atoms. The molecule has 0 fully saturated rings. The molecule has 2 nitrogen and oxygen atoms in total. The Bertz CT molecular complexity index is 612. The van der Waals surface area contributed by atoms with E-state index in [0.717, 1.165) is 32.1 Å². The van der Waals surface area contributed by atoms with E-state index in [1.807, 2.05) is 23.9 Å². The number of phenols is 1. The average Bonchev–Trinajstić information content (AvgIpc) is 2.68. The Balaban J connectivity index is 2.28. The predicted octanol–water partition coefficient (Wildman–Crippen LogP) is 6.51. The van der Waals surface area contributed by atoms with Crippen LogP contribution in [0.2, 0.25) is 0 Å². The molecule has 142 valence electrons. The normalized spacial score (nSPS) is 13.5. The van der Waals surface area contributed by atoms with Gasteiger partial charge in [0.2, 0.25) is 0 Å². The van der Waals surface area contributed by atoms with Gasteiger partial charge in [0.25, 0.3) is 0 Å². The number of aromatic hydroxyl groups is 1. The number of rotatable bonds is 12. The zero-order chi connectivity index (χ0) is 18.7. The molecule has 2 N–H and O–H groups in total. The minimum atomic E-state index is 0.0445. The van der Waals surface area contributed by atoms with Crippen LogP contribution in [-0.2, 0) is 4.75 Å². The van der Waals surface area contributed by atoms with Crippen molar-refractivity contribution < 1.29 is 10.2 Å². The maximum Gasteiger partial charge on any atom is 0.115 e. The van der Waals surface area contributed by atoms with E-state index >= 15 is 0 Å². The van der Waals surface area contributed by atoms with Crippen molar-refractivity contribution in [1.29, 1.82) is 0 Å². The highest BCUT2D eigenvalue weighted by Crippen LogP contribution is 2.49. The molecule has 0 amide bonds. The van der Waals surface area contributed by atoms with E-state index in [-0.39, 0.29) is 11.4 Å². The van der Waals surface area contributed by atoms with Gasteiger partial charge in [-0.15, -0.1) is 11.8 Å². The zero-order valence-corrected chi connectivity index (χ0v) is 16.7. The summed E-state index contributed by atoms with van der Waals surface area (Å²) in [5.74, 6) is 0.314. The quantitative estimate of drug-likeness (QED) is 0.329. The van der Waals surface area contributed by atoms with Crippen LogP contribution in [0, 0.1) is 0 Å². The van der Waals surface area contributed by atoms with Crippen LogP contribution in [0.1, 0.15) is 63.9 Å². The van der Waals surface area contributed by atoms with E-state index < -0.39 is 0 Å². The average molecular weight is 373 g/mol. The molecule has 0 saturated carbocycles. The summed E-state index contributed by atoms with van der Waals surface area (Å²) in [4.78, 5) is 1.20. The molecule has 26 heavy (non-hydrogen) atoms. The predicted molar refractivity (Wildman–Crippen MR) is 112 cm³/mol. The van der Waals surface area contributed by atoms with Gasteiger partial charge in [0.05, 0.1) is 0 Å². The van der Waals surface area contributed by atoms with Gasteiger partial charge in [0, 0.05) is 16.2 Å². The second-order valence-corrected chi connectivity index (χ2v) is 8.40. The number of aliphatic hydroxyl groups excluding tert-OH is 1. The van der Waals surface area contributed by atoms with Crippen LogP contribution in [0.15, 0.2) is 59.5 Å². The van der Waals surface area contributed by atoms with Crippen LogP contribution < -0.4 is 0 Å². The van der Waals surface area contributed by atoms with Gasteiger partial charge < -0.3 is 10.2 Å². The van der Waals surface area contributed by atoms with Crippen LogP contribution in [0.25, 0.3) is 0 Å². The molecule has 0 aromatic heterocycles. The lowest BCUT2D eigenvalue weighted by Crippen LogP contribution is -2.22. The molecule has 0 aliphatic rings. The molecule has 2 aromatic rings. The van der Waals surface area contributed by atoms with Gasteiger partial charge >= 0.3 is 0 Å². The molecule has 1 unspecified atom stereocenters. The van der Waals surface area contributed by atoms with Gasteiger partial charge in [0.1, 0.15) is 5.75 Å². The summed E-state index contributed by atoms with van der Waals surface area (Å²) in [6, 6.07) is 18.4. The molecular weight excluding hydrogens is 340 g/mol. The number of hydrogen-bond acceptors (Lipinski definition) is 3. The Hall–Kier alpha value is -1.45. The first-order chi connectivity index (χ1) is 12.7. The van der Waals surface area contributed by atoms with Gasteiger partial charge in [-0.2, -0.15) is 0 Å². The smallest absolute Gasteiger partial charge is 0.115 e. The SMILES string of the molecule is CCCCCC(CCCCCO)(Sc1ccc(O)cc1)c1ccccc1. The molecule has 0 radical (unpaired) electrons. The maximum absolute atomic E-state index is 9.61. The summed E-state index contributed by atoms with van der Waals surface area (Å²) >= 11 is 1.93. The Morgan fingerprint density at radius 3 is 2.08 bits per heavy atom. The van der Waals surface area contributed by atoms with Crippen molar-refractivity contribution in [1.82, 2.24) is 0 Å². The molecule has 0 heterocycles. The molecule has 3 heteroatoms. The Kier molecular flexibility index (Phi) is 9.07. The van der Waals surface area contributed by atoms with Crippen molar-refractivity contribution >= 4 is 11.8 Å². The summed E-state index contributed by atoms with van der Waals surface area (Å²) in [7, 11) is 0. The van der Waals surface area contributed by atoms with Crippen molar-refractivity contribution in [3.8, 4) is 5.75 Å². The second-order valence-electron chi connectivity index (χ2n) is 6.95. The van der Waals surface area contributed by atoms with Gasteiger partial charge in [-0.05, 0) is 49.1 Å². The molecule has 0 bridgehead atoms. The van der Waals surface area contributed by atoms with Crippen LogP contribution >= 0.6 is 11.8 Å². The van der Waals surface area contributed by atoms with E-state index in [9.17, 15) is 5.11 Å². The summed E-state index contributed by atoms with van der Waals surface area (Å²) in [5, 5.41) is 18.7. The highest BCUT2D eigenvalue weighted by Gasteiger charge is 2.32. The number of aliphatic hydroxyl groups is 1. The van der Waals surface area contributed by atoms with Crippen LogP contribution in [-0.4, -0.2) is 16.8 Å². The standard InChI is InChI=1S/C23H32O2S/c1-2-3-8-17-23(18-9-5-10-19-24,20-11-6-4-7-12-20)26-22-15-13-21(25)14-16-22/h4,6-7,11-16,24-25H,2-3,5,8-10,17-19H2,1H3. The third-order valence-corrected chi connectivity index (χ3v) is 6.42. The number of phenolic OH excluding ortho intramolecular Hbond substituents is 1. The topological polar surface area (TPSA) is 40.5 Å². The number of hydrogen-bond donors (Lipinski definition) is 2. The van der Waals surface area contributed by atoms with Crippen molar-refractivity contribution in [3.05, 3.63) is 60.2 Å². The maximum atomic E-state index is 9.61. The number of thioether (sulfide) groups is 1. The lowest BCUT2D eigenvalue weighted by molar-refractivity contribution is 0.281. The molecule has 0 aliphatic carbocycles. The summed E-state index contributed by atoms with van der Waals surface area (Å²) in [6.45, 7) is 2.53. The first-order valence-electron chi connectivity index (χ1n) is 9.84. The van der Waals surface area contributed by atoms with Crippen molar-refractivity contribution in [2.45, 2.75) is 67.9 Å². The van der Waals surface area contributed by atoms with Crippen molar-refractivity contribution in [2.75, 3.05) is 6.61 Å². The fraction of sp³-hybridized carbons (Fsp3) is 0.478. The van der Waals surface area contributed by atoms with Gasteiger partial charge in [-0.1, -0.05) is 69.4 Å². The Morgan fingerprint density at radius 1 is 0.808 bits per heavy atom. The highest BCUT2D eigenvalue weighted by molar-refractivity contribution is 8.00. The summed E-state index contributed by atoms with van der Waals surface area (Å²) < 4.78 is 0.0445. The Labute approximate surface area is 162 Å². The Morgan fingerprint density at radius 2 is 1.46 bits per heavy atom. The van der Waals surface area contributed by atoms with E-state index in [1.54, 1.807) is 12.1 Å². The highest BCUT2D eigenvalue weighted by atomic mass is 32.2. The van der Waals surface area contributed by atoms with Crippen LogP contribution in [0.3, 0.4) is 0 Å². The van der Waals surface area contributed by atoms with Gasteiger partial charge in [0.15, 0.2) is 0 Å². The van der Waals surface area contributed by atoms with Gasteiger partial charge in [-0.25, -0.2) is 0 Å². The fourth-order valence-electron chi connectivity index (χ4n) is 3.42. The van der Waals surface area contributed by atoms with E-state index in [0.29, 0.717) is 5.75 Å². The fourth-order valence-corrected chi connectivity index (χ4v) is 4.89.